The molecule has 6 rings (SSSR count). The molecular weight excluding hydrogens is 444 g/mol. The molecule has 3 atom stereocenters. The molecule has 2 bridgehead atoms. The average molecular weight is 468 g/mol. The summed E-state index contributed by atoms with van der Waals surface area (Å²) >= 11 is 0. The number of piperidine rings is 1. The number of hydrogen-bond donors (Lipinski definition) is 1. The van der Waals surface area contributed by atoms with E-state index in [2.05, 4.69) is 19.6 Å². The van der Waals surface area contributed by atoms with Crippen LogP contribution in [0.3, 0.4) is 0 Å². The van der Waals surface area contributed by atoms with Gasteiger partial charge in [-0.1, -0.05) is 0 Å². The minimum absolute atomic E-state index is 0.108. The number of aromatic nitrogens is 3. The van der Waals surface area contributed by atoms with E-state index < -0.39 is 19.0 Å². The Labute approximate surface area is 187 Å². The molecular formula is C21H24F4N6O2. The summed E-state index contributed by atoms with van der Waals surface area (Å²) in [4.78, 5) is 17.1. The van der Waals surface area contributed by atoms with Gasteiger partial charge in [-0.25, -0.2) is 18.7 Å². The highest BCUT2D eigenvalue weighted by atomic mass is 19.3. The molecule has 0 radical (unpaired) electrons. The fraction of sp³-hybridized carbons (Fsp3) is 0.571. The topological polar surface area (TPSA) is 89.6 Å². The highest BCUT2D eigenvalue weighted by Crippen LogP contribution is 2.35. The number of alkyl halides is 4. The van der Waals surface area contributed by atoms with E-state index in [4.69, 9.17) is 15.5 Å². The predicted molar refractivity (Wildman–Crippen MR) is 113 cm³/mol. The lowest BCUT2D eigenvalue weighted by Gasteiger charge is -2.45. The summed E-state index contributed by atoms with van der Waals surface area (Å²) in [5, 5.41) is 0. The summed E-state index contributed by atoms with van der Waals surface area (Å²) < 4.78 is 62.3. The lowest BCUT2D eigenvalue weighted by atomic mass is 9.97. The van der Waals surface area contributed by atoms with Gasteiger partial charge in [0, 0.05) is 43.4 Å². The minimum atomic E-state index is -3.05. The van der Waals surface area contributed by atoms with Crippen LogP contribution in [0.25, 0.3) is 11.3 Å². The molecule has 0 amide bonds. The van der Waals surface area contributed by atoms with Crippen molar-refractivity contribution < 1.29 is 27.0 Å². The molecule has 4 saturated heterocycles. The molecule has 0 aromatic carbocycles. The molecule has 1 unspecified atom stereocenters. The van der Waals surface area contributed by atoms with Crippen LogP contribution < -0.4 is 20.3 Å². The molecule has 6 heterocycles. The van der Waals surface area contributed by atoms with Crippen molar-refractivity contribution in [2.45, 2.75) is 44.4 Å². The van der Waals surface area contributed by atoms with Crippen molar-refractivity contribution >= 4 is 17.6 Å². The van der Waals surface area contributed by atoms with Crippen LogP contribution in [0, 0.1) is 5.92 Å². The number of nitrogens with two attached hydrogens (primary N) is 1. The molecule has 8 nitrogen and oxygen atoms in total. The smallest absolute Gasteiger partial charge is 0.387 e. The van der Waals surface area contributed by atoms with Gasteiger partial charge >= 0.3 is 6.61 Å². The van der Waals surface area contributed by atoms with Crippen LogP contribution in [0.15, 0.2) is 18.3 Å². The first kappa shape index (κ1) is 21.9. The molecule has 33 heavy (non-hydrogen) atoms. The number of rotatable bonds is 6. The van der Waals surface area contributed by atoms with Crippen LogP contribution >= 0.6 is 0 Å². The van der Waals surface area contributed by atoms with Crippen LogP contribution in [0.2, 0.25) is 0 Å². The Hall–Kier alpha value is -2.89. The SMILES string of the molecule is Nc1ncc(-c2cc(N3C[C@@H]4CC[C@H]3CO4)nc(N3CCC(C(F)F)C3)n2)cc1OC(F)F. The lowest BCUT2D eigenvalue weighted by Crippen LogP contribution is -2.55. The van der Waals surface area contributed by atoms with E-state index in [-0.39, 0.29) is 30.3 Å². The Morgan fingerprint density at radius 3 is 2.58 bits per heavy atom. The van der Waals surface area contributed by atoms with E-state index in [1.165, 1.54) is 12.3 Å². The number of nitrogen functional groups attached to an aromatic ring is 1. The van der Waals surface area contributed by atoms with Gasteiger partial charge in [0.1, 0.15) is 5.82 Å². The molecule has 0 saturated carbocycles. The first-order valence-electron chi connectivity index (χ1n) is 10.9. The highest BCUT2D eigenvalue weighted by molar-refractivity contribution is 5.68. The number of ether oxygens (including phenoxy) is 2. The maximum atomic E-state index is 13.2. The zero-order valence-electron chi connectivity index (χ0n) is 17.7. The Morgan fingerprint density at radius 1 is 1.09 bits per heavy atom. The van der Waals surface area contributed by atoms with Crippen LogP contribution in [-0.2, 0) is 4.74 Å². The summed E-state index contributed by atoms with van der Waals surface area (Å²) in [6, 6.07) is 3.26. The molecule has 12 heteroatoms. The van der Waals surface area contributed by atoms with Crippen molar-refractivity contribution in [3.8, 4) is 17.0 Å². The van der Waals surface area contributed by atoms with Crippen LogP contribution in [0.4, 0.5) is 35.1 Å². The normalized spacial score (nSPS) is 24.8. The van der Waals surface area contributed by atoms with Gasteiger partial charge in [-0.05, 0) is 25.3 Å². The zero-order valence-corrected chi connectivity index (χ0v) is 17.7. The number of anilines is 3. The molecule has 0 aliphatic carbocycles. The maximum absolute atomic E-state index is 13.2. The number of fused-ring (bicyclic) bond motifs is 3. The Morgan fingerprint density at radius 2 is 1.94 bits per heavy atom. The molecule has 2 aromatic rings. The number of morpholine rings is 1. The Bertz CT molecular complexity index is 1000. The quantitative estimate of drug-likeness (QED) is 0.647. The zero-order chi connectivity index (χ0) is 23.1. The standard InChI is InChI=1S/C21H24F4N6O2/c22-18(23)11-3-4-30(8-11)21-28-15(12-5-16(33-20(24)25)19(26)27-7-12)6-17(29-21)31-9-14-2-1-13(31)10-32-14/h5-7,11,13-14,18,20H,1-4,8-10H2,(H2,26,27)/t11?,13-,14-/m0/s1. The Kier molecular flexibility index (Phi) is 5.85. The molecule has 2 aromatic heterocycles. The predicted octanol–water partition coefficient (Wildman–Crippen LogP) is 3.18. The lowest BCUT2D eigenvalue weighted by molar-refractivity contribution is -0.0494. The summed E-state index contributed by atoms with van der Waals surface area (Å²) in [6.45, 7) is -1.24. The molecule has 178 valence electrons. The van der Waals surface area contributed by atoms with Crippen molar-refractivity contribution in [2.24, 2.45) is 5.92 Å². The first-order valence-corrected chi connectivity index (χ1v) is 10.9. The fourth-order valence-electron chi connectivity index (χ4n) is 4.65. The van der Waals surface area contributed by atoms with Gasteiger partial charge in [0.2, 0.25) is 12.4 Å². The number of hydrogen-bond acceptors (Lipinski definition) is 8. The van der Waals surface area contributed by atoms with E-state index in [1.807, 2.05) is 0 Å². The average Bonchev–Trinajstić information content (AvgIpc) is 3.32. The third kappa shape index (κ3) is 4.48. The van der Waals surface area contributed by atoms with Crippen LogP contribution in [-0.4, -0.2) is 66.4 Å². The van der Waals surface area contributed by atoms with Gasteiger partial charge in [0.15, 0.2) is 11.6 Å². The van der Waals surface area contributed by atoms with E-state index in [0.717, 1.165) is 12.8 Å². The third-order valence-corrected chi connectivity index (χ3v) is 6.44. The molecule has 0 spiro atoms. The van der Waals surface area contributed by atoms with Crippen LogP contribution in [0.5, 0.6) is 5.75 Å². The van der Waals surface area contributed by atoms with E-state index in [9.17, 15) is 17.6 Å². The monoisotopic (exact) mass is 468 g/mol. The summed E-state index contributed by atoms with van der Waals surface area (Å²) in [6.07, 6.45) is 1.40. The highest BCUT2D eigenvalue weighted by Gasteiger charge is 2.37. The van der Waals surface area contributed by atoms with Crippen molar-refractivity contribution in [1.82, 2.24) is 15.0 Å². The first-order chi connectivity index (χ1) is 15.9. The van der Waals surface area contributed by atoms with Crippen molar-refractivity contribution in [1.29, 1.82) is 0 Å². The molecule has 4 aliphatic heterocycles. The van der Waals surface area contributed by atoms with Gasteiger partial charge in [-0.3, -0.25) is 0 Å². The van der Waals surface area contributed by atoms with Gasteiger partial charge in [-0.15, -0.1) is 0 Å². The van der Waals surface area contributed by atoms with Crippen molar-refractivity contribution in [3.63, 3.8) is 0 Å². The summed E-state index contributed by atoms with van der Waals surface area (Å²) in [5.41, 5.74) is 6.50. The van der Waals surface area contributed by atoms with Gasteiger partial charge in [0.05, 0.1) is 24.4 Å². The number of halogens is 4. The minimum Gasteiger partial charge on any atom is -0.431 e. The number of pyridine rings is 1. The Balaban J connectivity index is 1.53. The number of nitrogens with zero attached hydrogens (tertiary/aromatic N) is 5. The van der Waals surface area contributed by atoms with Crippen molar-refractivity contribution in [2.75, 3.05) is 41.8 Å². The molecule has 4 fully saturated rings. The van der Waals surface area contributed by atoms with Crippen LogP contribution in [0.1, 0.15) is 19.3 Å². The van der Waals surface area contributed by atoms with Gasteiger partial charge in [-0.2, -0.15) is 13.8 Å². The molecule has 2 N–H and O–H groups in total. The van der Waals surface area contributed by atoms with Gasteiger partial charge < -0.3 is 25.0 Å². The second kappa shape index (κ2) is 8.81. The summed E-state index contributed by atoms with van der Waals surface area (Å²) in [7, 11) is 0. The summed E-state index contributed by atoms with van der Waals surface area (Å²) in [5.74, 6) is -0.209. The van der Waals surface area contributed by atoms with E-state index >= 15 is 0 Å². The fourth-order valence-corrected chi connectivity index (χ4v) is 4.65. The maximum Gasteiger partial charge on any atom is 0.387 e. The van der Waals surface area contributed by atoms with E-state index in [1.54, 1.807) is 11.0 Å². The molecule has 4 aliphatic rings. The van der Waals surface area contributed by atoms with Crippen molar-refractivity contribution in [3.05, 3.63) is 18.3 Å². The van der Waals surface area contributed by atoms with Gasteiger partial charge in [0.25, 0.3) is 0 Å². The second-order valence-corrected chi connectivity index (χ2v) is 8.57. The largest absolute Gasteiger partial charge is 0.431 e. The third-order valence-electron chi connectivity index (χ3n) is 6.44. The second-order valence-electron chi connectivity index (χ2n) is 8.57. The van der Waals surface area contributed by atoms with E-state index in [0.29, 0.717) is 49.1 Å².